The van der Waals surface area contributed by atoms with E-state index >= 15 is 0 Å². The fourth-order valence-corrected chi connectivity index (χ4v) is 3.68. The number of hydrogen-bond acceptors (Lipinski definition) is 4. The summed E-state index contributed by atoms with van der Waals surface area (Å²) in [6.45, 7) is 1.63. The van der Waals surface area contributed by atoms with Crippen LogP contribution < -0.4 is 4.90 Å². The third kappa shape index (κ3) is 3.35. The summed E-state index contributed by atoms with van der Waals surface area (Å²) < 4.78 is 0.809. The van der Waals surface area contributed by atoms with Crippen LogP contribution in [0, 0.1) is 17.2 Å². The van der Waals surface area contributed by atoms with Gasteiger partial charge < -0.3 is 9.80 Å². The first kappa shape index (κ1) is 16.3. The van der Waals surface area contributed by atoms with Crippen molar-refractivity contribution >= 4 is 27.7 Å². The number of carbonyl (C=O) groups excluding carboxylic acids is 1. The van der Waals surface area contributed by atoms with Crippen molar-refractivity contribution in [1.82, 2.24) is 9.88 Å². The number of halogens is 1. The molecule has 1 saturated carbocycles. The van der Waals surface area contributed by atoms with Crippen molar-refractivity contribution in [3.8, 4) is 6.07 Å². The fraction of sp³-hybridized carbons (Fsp3) is 0.588. The van der Waals surface area contributed by atoms with Gasteiger partial charge in [-0.05, 0) is 47.7 Å². The fourth-order valence-electron chi connectivity index (χ4n) is 3.35. The molecule has 0 aromatic carbocycles. The lowest BCUT2D eigenvalue weighted by Crippen LogP contribution is -2.51. The monoisotopic (exact) mass is 376 g/mol. The second-order valence-corrected chi connectivity index (χ2v) is 7.37. The number of amides is 1. The molecule has 23 heavy (non-hydrogen) atoms. The van der Waals surface area contributed by atoms with Crippen LogP contribution in [-0.2, 0) is 4.79 Å². The first-order valence-corrected chi connectivity index (χ1v) is 8.96. The Labute approximate surface area is 145 Å². The van der Waals surface area contributed by atoms with Gasteiger partial charge in [0.05, 0.1) is 5.56 Å². The molecule has 0 spiro atoms. The SMILES string of the molecule is CN(C(=O)C1CCC1)C1CCCN(c2ncc(Br)cc2C#N)C1. The van der Waals surface area contributed by atoms with E-state index in [0.717, 1.165) is 49.1 Å². The average Bonchev–Trinajstić information content (AvgIpc) is 2.52. The number of rotatable bonds is 3. The first-order chi connectivity index (χ1) is 11.1. The Balaban J connectivity index is 1.73. The van der Waals surface area contributed by atoms with Gasteiger partial charge >= 0.3 is 0 Å². The molecule has 0 bridgehead atoms. The second-order valence-electron chi connectivity index (χ2n) is 6.46. The molecule has 1 aromatic heterocycles. The van der Waals surface area contributed by atoms with Crippen LogP contribution in [0.4, 0.5) is 5.82 Å². The van der Waals surface area contributed by atoms with Crippen LogP contribution >= 0.6 is 15.9 Å². The normalized spacial score (nSPS) is 21.4. The molecule has 5 nitrogen and oxygen atoms in total. The zero-order valence-corrected chi connectivity index (χ0v) is 14.9. The number of likely N-dealkylation sites (N-methyl/N-ethyl adjacent to an activating group) is 1. The Morgan fingerprint density at radius 2 is 2.22 bits per heavy atom. The standard InChI is InChI=1S/C17H21BrN4O/c1-21(17(23)12-4-2-5-12)15-6-3-7-22(11-15)16-13(9-19)8-14(18)10-20-16/h8,10,12,15H,2-7,11H2,1H3. The molecule has 2 aliphatic rings. The Kier molecular flexibility index (Phi) is 4.86. The number of piperidine rings is 1. The molecule has 0 radical (unpaired) electrons. The van der Waals surface area contributed by atoms with Crippen molar-refractivity contribution in [2.24, 2.45) is 5.92 Å². The zero-order chi connectivity index (χ0) is 16.4. The van der Waals surface area contributed by atoms with Crippen molar-refractivity contribution in [2.75, 3.05) is 25.0 Å². The molecule has 2 fully saturated rings. The van der Waals surface area contributed by atoms with Gasteiger partial charge in [0, 0.05) is 42.8 Å². The van der Waals surface area contributed by atoms with E-state index < -0.39 is 0 Å². The molecular weight excluding hydrogens is 356 g/mol. The lowest BCUT2D eigenvalue weighted by atomic mass is 9.84. The van der Waals surface area contributed by atoms with Gasteiger partial charge in [0.2, 0.25) is 5.91 Å². The maximum absolute atomic E-state index is 12.5. The molecule has 1 aliphatic carbocycles. The average molecular weight is 377 g/mol. The van der Waals surface area contributed by atoms with Crippen molar-refractivity contribution in [3.63, 3.8) is 0 Å². The molecule has 2 heterocycles. The number of pyridine rings is 1. The summed E-state index contributed by atoms with van der Waals surface area (Å²) in [4.78, 5) is 21.0. The van der Waals surface area contributed by atoms with Gasteiger partial charge in [0.25, 0.3) is 0 Å². The van der Waals surface area contributed by atoms with Gasteiger partial charge in [-0.1, -0.05) is 6.42 Å². The van der Waals surface area contributed by atoms with Crippen molar-refractivity contribution in [2.45, 2.75) is 38.1 Å². The van der Waals surface area contributed by atoms with Crippen molar-refractivity contribution < 1.29 is 4.79 Å². The highest BCUT2D eigenvalue weighted by Crippen LogP contribution is 2.30. The number of carbonyl (C=O) groups is 1. The number of nitrogens with zero attached hydrogens (tertiary/aromatic N) is 4. The van der Waals surface area contributed by atoms with Crippen LogP contribution in [0.15, 0.2) is 16.7 Å². The van der Waals surface area contributed by atoms with E-state index in [4.69, 9.17) is 0 Å². The summed E-state index contributed by atoms with van der Waals surface area (Å²) in [6, 6.07) is 4.23. The molecule has 3 rings (SSSR count). The van der Waals surface area contributed by atoms with Crippen LogP contribution in [0.1, 0.15) is 37.7 Å². The zero-order valence-electron chi connectivity index (χ0n) is 13.3. The minimum atomic E-state index is 0.203. The summed E-state index contributed by atoms with van der Waals surface area (Å²) in [6.07, 6.45) is 7.00. The Morgan fingerprint density at radius 3 is 2.87 bits per heavy atom. The second kappa shape index (κ2) is 6.88. The third-order valence-electron chi connectivity index (χ3n) is 5.00. The molecular formula is C17H21BrN4O. The van der Waals surface area contributed by atoms with Gasteiger partial charge in [-0.3, -0.25) is 4.79 Å². The quantitative estimate of drug-likeness (QED) is 0.813. The molecule has 1 unspecified atom stereocenters. The highest BCUT2D eigenvalue weighted by Gasteiger charge is 2.33. The van der Waals surface area contributed by atoms with E-state index in [1.807, 2.05) is 11.9 Å². The lowest BCUT2D eigenvalue weighted by Gasteiger charge is -2.40. The van der Waals surface area contributed by atoms with E-state index in [9.17, 15) is 10.1 Å². The summed E-state index contributed by atoms with van der Waals surface area (Å²) >= 11 is 3.36. The van der Waals surface area contributed by atoms with Crippen LogP contribution in [0.5, 0.6) is 0 Å². The van der Waals surface area contributed by atoms with Gasteiger partial charge in [0.15, 0.2) is 0 Å². The van der Waals surface area contributed by atoms with E-state index in [2.05, 4.69) is 31.9 Å². The Morgan fingerprint density at radius 1 is 1.43 bits per heavy atom. The number of anilines is 1. The van der Waals surface area contributed by atoms with Gasteiger partial charge in [-0.25, -0.2) is 4.98 Å². The predicted octanol–water partition coefficient (Wildman–Crippen LogP) is 2.94. The summed E-state index contributed by atoms with van der Waals surface area (Å²) in [5.41, 5.74) is 0.577. The van der Waals surface area contributed by atoms with Crippen LogP contribution in [0.3, 0.4) is 0 Å². The highest BCUT2D eigenvalue weighted by molar-refractivity contribution is 9.10. The van der Waals surface area contributed by atoms with Gasteiger partial charge in [-0.2, -0.15) is 5.26 Å². The predicted molar refractivity (Wildman–Crippen MR) is 92.0 cm³/mol. The smallest absolute Gasteiger partial charge is 0.225 e. The van der Waals surface area contributed by atoms with Crippen molar-refractivity contribution in [3.05, 3.63) is 22.3 Å². The molecule has 122 valence electrons. The summed E-state index contributed by atoms with van der Waals surface area (Å²) in [7, 11) is 1.93. The van der Waals surface area contributed by atoms with Crippen LogP contribution in [0.2, 0.25) is 0 Å². The highest BCUT2D eigenvalue weighted by atomic mass is 79.9. The van der Waals surface area contributed by atoms with E-state index in [1.54, 1.807) is 12.3 Å². The number of hydrogen-bond donors (Lipinski definition) is 0. The molecule has 6 heteroatoms. The minimum absolute atomic E-state index is 0.203. The first-order valence-electron chi connectivity index (χ1n) is 8.17. The molecule has 0 N–H and O–H groups in total. The molecule has 1 amide bonds. The number of aromatic nitrogens is 1. The Bertz CT molecular complexity index is 638. The van der Waals surface area contributed by atoms with Gasteiger partial charge in [0.1, 0.15) is 11.9 Å². The summed E-state index contributed by atoms with van der Waals surface area (Å²) in [5, 5.41) is 9.35. The summed E-state index contributed by atoms with van der Waals surface area (Å²) in [5.74, 6) is 1.24. The van der Waals surface area contributed by atoms with E-state index in [0.29, 0.717) is 5.56 Å². The van der Waals surface area contributed by atoms with E-state index in [1.165, 1.54) is 6.42 Å². The molecule has 1 saturated heterocycles. The third-order valence-corrected chi connectivity index (χ3v) is 5.43. The molecule has 1 atom stereocenters. The maximum atomic E-state index is 12.5. The van der Waals surface area contributed by atoms with Crippen molar-refractivity contribution in [1.29, 1.82) is 5.26 Å². The number of nitriles is 1. The largest absolute Gasteiger partial charge is 0.353 e. The Hall–Kier alpha value is -1.61. The molecule has 1 aliphatic heterocycles. The minimum Gasteiger partial charge on any atom is -0.353 e. The van der Waals surface area contributed by atoms with Crippen LogP contribution in [-0.4, -0.2) is 42.0 Å². The topological polar surface area (TPSA) is 60.2 Å². The molecule has 1 aromatic rings. The van der Waals surface area contributed by atoms with Crippen LogP contribution in [0.25, 0.3) is 0 Å². The van der Waals surface area contributed by atoms with E-state index in [-0.39, 0.29) is 17.9 Å². The lowest BCUT2D eigenvalue weighted by molar-refractivity contribution is -0.139. The van der Waals surface area contributed by atoms with Gasteiger partial charge in [-0.15, -0.1) is 0 Å². The maximum Gasteiger partial charge on any atom is 0.225 e.